The number of nitrogens with two attached hydrogens (primary N) is 1. The second-order valence-corrected chi connectivity index (χ2v) is 23.0. The minimum absolute atomic E-state index is 0.0490. The molecule has 0 heterocycles. The van der Waals surface area contributed by atoms with Crippen LogP contribution in [0.5, 0.6) is 0 Å². The minimum Gasteiger partial charge on any atom is -0.462 e. The van der Waals surface area contributed by atoms with Gasteiger partial charge in [-0.1, -0.05) is 289 Å². The Kier molecular flexibility index (Phi) is 62.7. The van der Waals surface area contributed by atoms with Crippen molar-refractivity contribution in [3.63, 3.8) is 0 Å². The molecule has 0 bridgehead atoms. The maximum Gasteiger partial charge on any atom is 0.472 e. The van der Waals surface area contributed by atoms with E-state index in [-0.39, 0.29) is 38.6 Å². The van der Waals surface area contributed by atoms with E-state index in [0.29, 0.717) is 6.42 Å². The van der Waals surface area contributed by atoms with Crippen molar-refractivity contribution in [1.82, 2.24) is 0 Å². The normalized spacial score (nSPS) is 13.8. The summed E-state index contributed by atoms with van der Waals surface area (Å²) in [7, 11) is -4.40. The van der Waals surface area contributed by atoms with Crippen molar-refractivity contribution in [1.29, 1.82) is 0 Å². The average Bonchev–Trinajstić information content (AvgIpc) is 3.46. The molecule has 0 rings (SSSR count). The lowest BCUT2D eigenvalue weighted by atomic mass is 10.0. The molecule has 0 amide bonds. The SMILES string of the molecule is CC/C=C\C/C=C\C/C=C\C/C=C\C/C=C\C/C=C\CCCCCCCCCCCCCCC(=O)OC(COC(=O)CCCCCCCCCCCCCCCCCC/C=C\C/C=C\C/C=C\C/C=C\CC)COP(=O)(O)OCCN. The standard InChI is InChI=1S/C71H122NO8P/c1-3-5-7-9-11-13-15-17-19-21-23-25-27-29-31-33-34-36-38-40-42-44-46-48-50-52-54-56-58-60-62-64-71(74)80-69(68-79-81(75,76)78-66-65-72)67-77-70(73)63-61-59-57-55-53-51-49-47-45-43-41-39-37-35-32-30-28-26-24-22-20-18-16-14-12-10-8-6-4-2/h5-8,11-14,17-20,23-26,29,31,34,36,69H,3-4,9-10,15-16,21-22,27-28,30,32-33,35,37-68,72H2,1-2H3,(H,75,76)/b7-5-,8-6-,13-11-,14-12-,19-17-,20-18-,25-23-,26-24-,31-29-,36-34-. The first-order valence-corrected chi connectivity index (χ1v) is 34.5. The van der Waals surface area contributed by atoms with Gasteiger partial charge in [-0.2, -0.15) is 0 Å². The summed E-state index contributed by atoms with van der Waals surface area (Å²) in [5.41, 5.74) is 5.40. The Bertz CT molecular complexity index is 1740. The molecule has 0 aromatic rings. The molecule has 2 atom stereocenters. The van der Waals surface area contributed by atoms with Crippen LogP contribution in [0, 0.1) is 0 Å². The Hall–Kier alpha value is -3.59. The van der Waals surface area contributed by atoms with Crippen LogP contribution in [0.2, 0.25) is 0 Å². The van der Waals surface area contributed by atoms with Gasteiger partial charge in [0.1, 0.15) is 6.61 Å². The van der Waals surface area contributed by atoms with E-state index in [1.165, 1.54) is 148 Å². The average molecular weight is 1150 g/mol. The largest absolute Gasteiger partial charge is 0.472 e. The zero-order valence-corrected chi connectivity index (χ0v) is 52.9. The molecule has 0 saturated carbocycles. The van der Waals surface area contributed by atoms with Crippen LogP contribution in [0.3, 0.4) is 0 Å². The summed E-state index contributed by atoms with van der Waals surface area (Å²) >= 11 is 0. The van der Waals surface area contributed by atoms with Crippen LogP contribution in [-0.2, 0) is 32.7 Å². The Morgan fingerprint density at radius 1 is 0.370 bits per heavy atom. The van der Waals surface area contributed by atoms with Crippen LogP contribution in [0.15, 0.2) is 122 Å². The fourth-order valence-electron chi connectivity index (χ4n) is 9.04. The number of rotatable bonds is 61. The van der Waals surface area contributed by atoms with E-state index in [4.69, 9.17) is 24.3 Å². The van der Waals surface area contributed by atoms with Gasteiger partial charge in [0.05, 0.1) is 13.2 Å². The Morgan fingerprint density at radius 3 is 0.951 bits per heavy atom. The van der Waals surface area contributed by atoms with Gasteiger partial charge < -0.3 is 20.1 Å². The molecule has 0 aliphatic rings. The highest BCUT2D eigenvalue weighted by Gasteiger charge is 2.26. The topological polar surface area (TPSA) is 134 Å². The van der Waals surface area contributed by atoms with Crippen LogP contribution in [0.4, 0.5) is 0 Å². The van der Waals surface area contributed by atoms with Crippen LogP contribution >= 0.6 is 7.82 Å². The zero-order chi connectivity index (χ0) is 58.7. The molecular formula is C71H122NO8P. The predicted octanol–water partition coefficient (Wildman–Crippen LogP) is 21.5. The monoisotopic (exact) mass is 1150 g/mol. The molecule has 2 unspecified atom stereocenters. The smallest absolute Gasteiger partial charge is 0.462 e. The van der Waals surface area contributed by atoms with E-state index in [9.17, 15) is 19.0 Å². The maximum atomic E-state index is 12.8. The first kappa shape index (κ1) is 77.4. The van der Waals surface area contributed by atoms with Gasteiger partial charge in [0, 0.05) is 19.4 Å². The van der Waals surface area contributed by atoms with Crippen LogP contribution in [-0.4, -0.2) is 49.3 Å². The fourth-order valence-corrected chi connectivity index (χ4v) is 9.81. The number of hydrogen-bond donors (Lipinski definition) is 2. The molecule has 0 aromatic carbocycles. The first-order chi connectivity index (χ1) is 39.8. The number of ether oxygens (including phenoxy) is 2. The molecule has 464 valence electrons. The number of phosphoric ester groups is 1. The number of phosphoric acid groups is 1. The van der Waals surface area contributed by atoms with Crippen molar-refractivity contribution in [3.05, 3.63) is 122 Å². The molecule has 9 nitrogen and oxygen atoms in total. The van der Waals surface area contributed by atoms with E-state index in [1.807, 2.05) is 0 Å². The number of allylic oxidation sites excluding steroid dienone is 20. The van der Waals surface area contributed by atoms with Crippen LogP contribution in [0.1, 0.15) is 284 Å². The highest BCUT2D eigenvalue weighted by Crippen LogP contribution is 2.43. The molecule has 0 spiro atoms. The number of unbranched alkanes of at least 4 members (excludes halogenated alkanes) is 28. The highest BCUT2D eigenvalue weighted by molar-refractivity contribution is 7.47. The molecule has 0 aliphatic heterocycles. The van der Waals surface area contributed by atoms with E-state index < -0.39 is 26.5 Å². The third-order valence-electron chi connectivity index (χ3n) is 13.8. The van der Waals surface area contributed by atoms with Gasteiger partial charge in [-0.05, 0) is 103 Å². The summed E-state index contributed by atoms with van der Waals surface area (Å²) in [5.74, 6) is -0.827. The third kappa shape index (κ3) is 65.4. The number of esters is 2. The summed E-state index contributed by atoms with van der Waals surface area (Å²) in [6, 6.07) is 0. The molecule has 3 N–H and O–H groups in total. The summed E-state index contributed by atoms with van der Waals surface area (Å²) in [4.78, 5) is 35.3. The van der Waals surface area contributed by atoms with Crippen molar-refractivity contribution < 1.29 is 37.6 Å². The minimum atomic E-state index is -4.40. The van der Waals surface area contributed by atoms with E-state index >= 15 is 0 Å². The van der Waals surface area contributed by atoms with Gasteiger partial charge in [-0.15, -0.1) is 0 Å². The molecular weight excluding hydrogens is 1030 g/mol. The molecule has 0 fully saturated rings. The number of hydrogen-bond acceptors (Lipinski definition) is 8. The lowest BCUT2D eigenvalue weighted by Gasteiger charge is -2.19. The molecule has 0 saturated heterocycles. The van der Waals surface area contributed by atoms with Gasteiger partial charge in [-0.3, -0.25) is 18.6 Å². The lowest BCUT2D eigenvalue weighted by molar-refractivity contribution is -0.161. The van der Waals surface area contributed by atoms with Crippen molar-refractivity contribution >= 4 is 19.8 Å². The second-order valence-electron chi connectivity index (χ2n) is 21.6. The Labute approximate surface area is 498 Å². The van der Waals surface area contributed by atoms with Gasteiger partial charge in [0.2, 0.25) is 0 Å². The molecule has 0 radical (unpaired) electrons. The Morgan fingerprint density at radius 2 is 0.642 bits per heavy atom. The number of carbonyl (C=O) groups is 2. The van der Waals surface area contributed by atoms with Crippen molar-refractivity contribution in [2.24, 2.45) is 5.73 Å². The van der Waals surface area contributed by atoms with Crippen molar-refractivity contribution in [2.75, 3.05) is 26.4 Å². The van der Waals surface area contributed by atoms with Gasteiger partial charge in [-0.25, -0.2) is 4.57 Å². The van der Waals surface area contributed by atoms with Crippen molar-refractivity contribution in [2.45, 2.75) is 290 Å². The molecule has 0 aromatic heterocycles. The second kappa shape index (κ2) is 65.6. The van der Waals surface area contributed by atoms with E-state index in [2.05, 4.69) is 135 Å². The molecule has 10 heteroatoms. The van der Waals surface area contributed by atoms with Gasteiger partial charge in [0.15, 0.2) is 6.10 Å². The predicted molar refractivity (Wildman–Crippen MR) is 348 cm³/mol. The quantitative estimate of drug-likeness (QED) is 0.0264. The van der Waals surface area contributed by atoms with Crippen LogP contribution < -0.4 is 5.73 Å². The Balaban J connectivity index is 3.92. The molecule has 81 heavy (non-hydrogen) atoms. The summed E-state index contributed by atoms with van der Waals surface area (Å²) in [6.45, 7) is 3.53. The van der Waals surface area contributed by atoms with E-state index in [0.717, 1.165) is 103 Å². The summed E-state index contributed by atoms with van der Waals surface area (Å²) < 4.78 is 33.2. The van der Waals surface area contributed by atoms with Gasteiger partial charge in [0.25, 0.3) is 0 Å². The van der Waals surface area contributed by atoms with E-state index in [1.54, 1.807) is 0 Å². The molecule has 0 aliphatic carbocycles. The fraction of sp³-hybridized carbons (Fsp3) is 0.690. The first-order valence-electron chi connectivity index (χ1n) is 33.0. The summed E-state index contributed by atoms with van der Waals surface area (Å²) in [6.07, 6.45) is 91.3. The summed E-state index contributed by atoms with van der Waals surface area (Å²) in [5, 5.41) is 0. The lowest BCUT2D eigenvalue weighted by Crippen LogP contribution is -2.29. The number of carbonyl (C=O) groups excluding carboxylic acids is 2. The highest BCUT2D eigenvalue weighted by atomic mass is 31.2. The van der Waals surface area contributed by atoms with Crippen LogP contribution in [0.25, 0.3) is 0 Å². The third-order valence-corrected chi connectivity index (χ3v) is 14.8. The van der Waals surface area contributed by atoms with Gasteiger partial charge >= 0.3 is 19.8 Å². The maximum absolute atomic E-state index is 12.8. The zero-order valence-electron chi connectivity index (χ0n) is 52.0. The van der Waals surface area contributed by atoms with Crippen molar-refractivity contribution in [3.8, 4) is 0 Å².